The van der Waals surface area contributed by atoms with Crippen molar-refractivity contribution in [2.75, 3.05) is 32.1 Å². The molecular weight excluding hydrogens is 390 g/mol. The van der Waals surface area contributed by atoms with Gasteiger partial charge in [-0.15, -0.1) is 0 Å². The largest absolute Gasteiger partial charge is 0.381 e. The average Bonchev–Trinajstić information content (AvgIpc) is 3.30. The van der Waals surface area contributed by atoms with Crippen LogP contribution in [0.2, 0.25) is 0 Å². The number of hydrogen-bond acceptors (Lipinski definition) is 5. The topological polar surface area (TPSA) is 71.2 Å². The van der Waals surface area contributed by atoms with Crippen molar-refractivity contribution in [2.45, 2.75) is 56.1 Å². The zero-order valence-electron chi connectivity index (χ0n) is 17.5. The van der Waals surface area contributed by atoms with Gasteiger partial charge in [-0.25, -0.2) is 13.8 Å². The van der Waals surface area contributed by atoms with Gasteiger partial charge in [-0.1, -0.05) is 6.07 Å². The lowest BCUT2D eigenvalue weighted by Crippen LogP contribution is -2.51. The molecule has 2 aliphatic carbocycles. The highest BCUT2D eigenvalue weighted by atomic mass is 19.3. The van der Waals surface area contributed by atoms with E-state index in [9.17, 15) is 13.6 Å². The molecule has 30 heavy (non-hydrogen) atoms. The van der Waals surface area contributed by atoms with E-state index in [1.807, 2.05) is 18.2 Å². The molecule has 1 saturated heterocycles. The van der Waals surface area contributed by atoms with Crippen molar-refractivity contribution >= 4 is 17.6 Å². The Hall–Kier alpha value is -2.22. The van der Waals surface area contributed by atoms with E-state index < -0.39 is 11.5 Å². The summed E-state index contributed by atoms with van der Waals surface area (Å²) in [6.45, 7) is 0.0113. The van der Waals surface area contributed by atoms with Crippen molar-refractivity contribution < 1.29 is 18.3 Å². The molecule has 162 valence electrons. The highest BCUT2D eigenvalue weighted by Crippen LogP contribution is 2.62. The molecule has 5 rings (SSSR count). The number of likely N-dealkylation sites (N-methyl/N-ethyl adjacent to an activating group) is 1. The van der Waals surface area contributed by atoms with Gasteiger partial charge in [-0.05, 0) is 55.4 Å². The summed E-state index contributed by atoms with van der Waals surface area (Å²) in [6, 6.07) is 5.82. The van der Waals surface area contributed by atoms with Gasteiger partial charge in [0.2, 0.25) is 0 Å². The third kappa shape index (κ3) is 2.55. The van der Waals surface area contributed by atoms with Gasteiger partial charge < -0.3 is 15.4 Å². The number of halogens is 2. The maximum absolute atomic E-state index is 13.8. The second kappa shape index (κ2) is 6.39. The fourth-order valence-electron chi connectivity index (χ4n) is 6.07. The monoisotopic (exact) mass is 418 g/mol. The Balaban J connectivity index is 1.61. The van der Waals surface area contributed by atoms with Crippen LogP contribution in [0.4, 0.5) is 14.5 Å². The first-order valence-corrected chi connectivity index (χ1v) is 10.6. The molecule has 0 radical (unpaired) electrons. The van der Waals surface area contributed by atoms with Crippen LogP contribution in [-0.4, -0.2) is 56.0 Å². The lowest BCUT2D eigenvalue weighted by atomic mass is 9.61. The molecule has 2 fully saturated rings. The van der Waals surface area contributed by atoms with Gasteiger partial charge in [0.1, 0.15) is 0 Å². The molecule has 0 aromatic heterocycles. The molecule has 8 heteroatoms. The van der Waals surface area contributed by atoms with Gasteiger partial charge in [0.05, 0.1) is 12.6 Å². The molecule has 6 nitrogen and oxygen atoms in total. The molecule has 1 saturated carbocycles. The number of aliphatic imine (C=N–C) groups is 1. The molecule has 1 aromatic rings. The summed E-state index contributed by atoms with van der Waals surface area (Å²) in [5.74, 6) is -2.57. The van der Waals surface area contributed by atoms with Gasteiger partial charge in [0, 0.05) is 38.2 Å². The third-order valence-corrected chi connectivity index (χ3v) is 7.78. The molecule has 2 aliphatic heterocycles. The zero-order chi connectivity index (χ0) is 21.3. The number of hydrogen-bond donors (Lipinski definition) is 1. The number of fused-ring (bicyclic) bond motifs is 3. The summed E-state index contributed by atoms with van der Waals surface area (Å²) < 4.78 is 33.2. The Morgan fingerprint density at radius 2 is 1.97 bits per heavy atom. The Bertz CT molecular complexity index is 926. The molecule has 1 amide bonds. The SMILES string of the molecule is COC1CCC2(CC1)Cc1ccc(N3CCC(F)(F)C3)cc1C21N=C(N)N(C)C1=O. The normalized spacial score (nSPS) is 34.9. The van der Waals surface area contributed by atoms with Crippen molar-refractivity contribution in [1.29, 1.82) is 0 Å². The molecule has 0 bridgehead atoms. The van der Waals surface area contributed by atoms with Crippen molar-refractivity contribution in [3.05, 3.63) is 29.3 Å². The van der Waals surface area contributed by atoms with Crippen molar-refractivity contribution in [3.8, 4) is 0 Å². The van der Waals surface area contributed by atoms with Crippen molar-refractivity contribution in [2.24, 2.45) is 16.1 Å². The number of amides is 1. The fourth-order valence-corrected chi connectivity index (χ4v) is 6.07. The van der Waals surface area contributed by atoms with Crippen LogP contribution in [0.3, 0.4) is 0 Å². The summed E-state index contributed by atoms with van der Waals surface area (Å²) in [4.78, 5) is 21.6. The quantitative estimate of drug-likeness (QED) is 0.802. The summed E-state index contributed by atoms with van der Waals surface area (Å²) in [5, 5.41) is 0. The van der Waals surface area contributed by atoms with Crippen LogP contribution in [-0.2, 0) is 21.5 Å². The number of benzene rings is 1. The number of methoxy groups -OCH3 is 1. The van der Waals surface area contributed by atoms with Crippen LogP contribution >= 0.6 is 0 Å². The van der Waals surface area contributed by atoms with E-state index in [0.29, 0.717) is 6.54 Å². The van der Waals surface area contributed by atoms with Crippen LogP contribution in [0.15, 0.2) is 23.2 Å². The maximum Gasteiger partial charge on any atom is 0.266 e. The first-order valence-electron chi connectivity index (χ1n) is 10.6. The molecule has 1 atom stereocenters. The Kier molecular flexibility index (Phi) is 4.20. The van der Waals surface area contributed by atoms with Gasteiger partial charge in [0.25, 0.3) is 11.8 Å². The number of carbonyl (C=O) groups is 1. The van der Waals surface area contributed by atoms with Crippen molar-refractivity contribution in [1.82, 2.24) is 4.90 Å². The van der Waals surface area contributed by atoms with Crippen molar-refractivity contribution in [3.63, 3.8) is 0 Å². The number of guanidine groups is 1. The number of alkyl halides is 2. The van der Waals surface area contributed by atoms with Gasteiger partial charge in [0.15, 0.2) is 11.5 Å². The molecule has 4 aliphatic rings. The van der Waals surface area contributed by atoms with Crippen LogP contribution in [0, 0.1) is 5.41 Å². The molecule has 1 unspecified atom stereocenters. The van der Waals surface area contributed by atoms with Crippen LogP contribution in [0.25, 0.3) is 0 Å². The number of nitrogens with zero attached hydrogens (tertiary/aromatic N) is 3. The smallest absolute Gasteiger partial charge is 0.266 e. The second-order valence-corrected chi connectivity index (χ2v) is 9.31. The Morgan fingerprint density at radius 3 is 2.53 bits per heavy atom. The summed E-state index contributed by atoms with van der Waals surface area (Å²) in [6.07, 6.45) is 4.14. The van der Waals surface area contributed by atoms with Crippen LogP contribution < -0.4 is 10.6 Å². The van der Waals surface area contributed by atoms with E-state index >= 15 is 0 Å². The minimum Gasteiger partial charge on any atom is -0.381 e. The van der Waals surface area contributed by atoms with Crippen LogP contribution in [0.5, 0.6) is 0 Å². The van der Waals surface area contributed by atoms with Crippen LogP contribution in [0.1, 0.15) is 43.2 Å². The molecule has 2 heterocycles. The van der Waals surface area contributed by atoms with E-state index in [2.05, 4.69) is 0 Å². The number of ether oxygens (including phenoxy) is 1. The summed E-state index contributed by atoms with van der Waals surface area (Å²) >= 11 is 0. The first kappa shape index (κ1) is 19.7. The molecule has 2 N–H and O–H groups in total. The lowest BCUT2D eigenvalue weighted by molar-refractivity contribution is -0.137. The average molecular weight is 418 g/mol. The Labute approximate surface area is 175 Å². The Morgan fingerprint density at radius 1 is 1.23 bits per heavy atom. The maximum atomic E-state index is 13.8. The zero-order valence-corrected chi connectivity index (χ0v) is 17.5. The first-order chi connectivity index (χ1) is 14.2. The summed E-state index contributed by atoms with van der Waals surface area (Å²) in [7, 11) is 3.39. The highest BCUT2D eigenvalue weighted by molar-refractivity contribution is 6.08. The molecular formula is C22H28F2N4O2. The number of nitrogens with two attached hydrogens (primary N) is 1. The predicted octanol–water partition coefficient (Wildman–Crippen LogP) is 2.65. The van der Waals surface area contributed by atoms with E-state index in [0.717, 1.165) is 48.9 Å². The van der Waals surface area contributed by atoms with E-state index in [1.54, 1.807) is 19.1 Å². The minimum absolute atomic E-state index is 0.112. The predicted molar refractivity (Wildman–Crippen MR) is 110 cm³/mol. The standard InChI is InChI=1S/C22H28F2N4O2/c1-27-18(29)22(26-19(27)25)17-11-15(28-10-9-21(23,24)13-28)4-3-14(17)12-20(22)7-5-16(30-2)6-8-20/h3-4,11,16H,5-10,12-13H2,1-2H3,(H2,25,26). The number of anilines is 1. The van der Waals surface area contributed by atoms with E-state index in [1.165, 1.54) is 4.90 Å². The highest BCUT2D eigenvalue weighted by Gasteiger charge is 2.66. The molecule has 2 spiro atoms. The lowest BCUT2D eigenvalue weighted by Gasteiger charge is -2.45. The second-order valence-electron chi connectivity index (χ2n) is 9.31. The summed E-state index contributed by atoms with van der Waals surface area (Å²) in [5.41, 5.74) is 7.34. The van der Waals surface area contributed by atoms with Gasteiger partial charge in [-0.3, -0.25) is 9.69 Å². The number of rotatable bonds is 2. The third-order valence-electron chi connectivity index (χ3n) is 7.78. The minimum atomic E-state index is -2.68. The molecule has 1 aromatic carbocycles. The van der Waals surface area contributed by atoms with Gasteiger partial charge in [-0.2, -0.15) is 0 Å². The number of carbonyl (C=O) groups excluding carboxylic acids is 1. The van der Waals surface area contributed by atoms with E-state index in [-0.39, 0.29) is 36.4 Å². The van der Waals surface area contributed by atoms with Gasteiger partial charge >= 0.3 is 0 Å². The fraction of sp³-hybridized carbons (Fsp3) is 0.636. The van der Waals surface area contributed by atoms with E-state index in [4.69, 9.17) is 15.5 Å².